The Kier molecular flexibility index (Phi) is 61.4. The summed E-state index contributed by atoms with van der Waals surface area (Å²) in [4.78, 5) is 38.2. The maximum Gasteiger partial charge on any atom is 0.306 e. The van der Waals surface area contributed by atoms with Gasteiger partial charge in [0.05, 0.1) is 0 Å². The summed E-state index contributed by atoms with van der Waals surface area (Å²) >= 11 is 0. The predicted octanol–water partition coefficient (Wildman–Crippen LogP) is 22.1. The van der Waals surface area contributed by atoms with E-state index in [-0.39, 0.29) is 37.5 Å². The van der Waals surface area contributed by atoms with Gasteiger partial charge in [-0.1, -0.05) is 281 Å². The van der Waals surface area contributed by atoms with E-state index >= 15 is 0 Å². The summed E-state index contributed by atoms with van der Waals surface area (Å²) in [5.41, 5.74) is 0. The fourth-order valence-corrected chi connectivity index (χ4v) is 8.32. The molecule has 79 heavy (non-hydrogen) atoms. The molecule has 0 spiro atoms. The summed E-state index contributed by atoms with van der Waals surface area (Å²) in [6.45, 7) is 6.35. The zero-order valence-corrected chi connectivity index (χ0v) is 50.8. The molecule has 1 unspecified atom stereocenters. The highest BCUT2D eigenvalue weighted by molar-refractivity contribution is 5.71. The van der Waals surface area contributed by atoms with Crippen LogP contribution in [0.2, 0.25) is 0 Å². The SMILES string of the molecule is CC/C=C\C/C=C\C/C=C\C/C=C\C/C=C\C/C=C\C/C=C\C/C=C\CCCCCCCCC(=O)OCC(COC(=O)CCCCCCCCCCCCCCC)OC(=O)CCC/C=C\C/C=C\C/C=C\C/C=C\C/C=C\CC. The Hall–Kier alpha value is -4.97. The first-order chi connectivity index (χ1) is 39.0. The number of hydrogen-bond acceptors (Lipinski definition) is 6. The highest BCUT2D eigenvalue weighted by Gasteiger charge is 2.19. The molecule has 6 nitrogen and oxygen atoms in total. The molecule has 0 aliphatic carbocycles. The molecule has 0 rings (SSSR count). The Bertz CT molecular complexity index is 1780. The summed E-state index contributed by atoms with van der Waals surface area (Å²) in [5, 5.41) is 0. The largest absolute Gasteiger partial charge is 0.462 e. The van der Waals surface area contributed by atoms with Gasteiger partial charge in [0, 0.05) is 19.3 Å². The van der Waals surface area contributed by atoms with Crippen molar-refractivity contribution in [3.05, 3.63) is 158 Å². The van der Waals surface area contributed by atoms with Gasteiger partial charge in [-0.2, -0.15) is 0 Å². The number of carbonyl (C=O) groups excluding carboxylic acids is 3. The summed E-state index contributed by atoms with van der Waals surface area (Å²) in [7, 11) is 0. The van der Waals surface area contributed by atoms with E-state index in [1.54, 1.807) is 0 Å². The van der Waals surface area contributed by atoms with Crippen LogP contribution in [0.4, 0.5) is 0 Å². The second-order valence-electron chi connectivity index (χ2n) is 20.6. The second-order valence-corrected chi connectivity index (χ2v) is 20.6. The van der Waals surface area contributed by atoms with Crippen LogP contribution in [0.15, 0.2) is 158 Å². The summed E-state index contributed by atoms with van der Waals surface area (Å²) in [6.07, 6.45) is 95.4. The maximum atomic E-state index is 12.9. The number of hydrogen-bond donors (Lipinski definition) is 0. The molecular formula is C73H116O6. The fourth-order valence-electron chi connectivity index (χ4n) is 8.32. The van der Waals surface area contributed by atoms with Crippen LogP contribution in [0.5, 0.6) is 0 Å². The van der Waals surface area contributed by atoms with Gasteiger partial charge >= 0.3 is 17.9 Å². The van der Waals surface area contributed by atoms with Crippen molar-refractivity contribution >= 4 is 17.9 Å². The standard InChI is InChI=1S/C73H116O6/c1-4-7-10-13-16-19-22-25-27-29-30-31-32-33-34-35-36-37-38-39-40-41-42-44-45-48-51-54-57-60-63-66-72(75)78-69-70(68-77-71(74)65-62-59-56-53-50-47-24-21-18-15-12-9-6-3)79-73(76)67-64-61-58-55-52-49-46-43-28-26-23-20-17-14-11-8-5-2/h7-8,10-11,16-17,19-20,25-28,30-31,33-34,36-37,39-40,42,44,46,49,55,58,70H,4-6,9,12-15,18,21-24,29,32,35,38,41,43,45,47-48,50-54,56-57,59-69H2,1-3H3/b10-7-,11-8-,19-16-,20-17-,27-25-,28-26-,31-30-,34-33-,37-36-,40-39-,44-42-,49-46-,58-55-. The highest BCUT2D eigenvalue weighted by atomic mass is 16.6. The van der Waals surface area contributed by atoms with Crippen molar-refractivity contribution in [2.75, 3.05) is 13.2 Å². The minimum atomic E-state index is -0.820. The third-order valence-electron chi connectivity index (χ3n) is 13.0. The van der Waals surface area contributed by atoms with Crippen LogP contribution in [0.25, 0.3) is 0 Å². The molecule has 0 N–H and O–H groups in total. The van der Waals surface area contributed by atoms with E-state index in [0.29, 0.717) is 19.3 Å². The van der Waals surface area contributed by atoms with Crippen LogP contribution < -0.4 is 0 Å². The lowest BCUT2D eigenvalue weighted by Gasteiger charge is -2.18. The number of ether oxygens (including phenoxy) is 3. The van der Waals surface area contributed by atoms with Crippen LogP contribution in [0.1, 0.15) is 265 Å². The molecule has 0 aliphatic heterocycles. The molecule has 0 aromatic heterocycles. The lowest BCUT2D eigenvalue weighted by atomic mass is 10.0. The predicted molar refractivity (Wildman–Crippen MR) is 343 cm³/mol. The van der Waals surface area contributed by atoms with Crippen LogP contribution >= 0.6 is 0 Å². The molecule has 0 amide bonds. The van der Waals surface area contributed by atoms with Crippen molar-refractivity contribution in [3.63, 3.8) is 0 Å². The summed E-state index contributed by atoms with van der Waals surface area (Å²) in [6, 6.07) is 0. The van der Waals surface area contributed by atoms with Gasteiger partial charge < -0.3 is 14.2 Å². The van der Waals surface area contributed by atoms with Gasteiger partial charge in [0.25, 0.3) is 0 Å². The average molecular weight is 1090 g/mol. The van der Waals surface area contributed by atoms with Crippen molar-refractivity contribution in [3.8, 4) is 0 Å². The van der Waals surface area contributed by atoms with Crippen LogP contribution in [0, 0.1) is 0 Å². The molecule has 0 saturated carbocycles. The zero-order valence-electron chi connectivity index (χ0n) is 50.8. The first kappa shape index (κ1) is 74.0. The molecule has 0 radical (unpaired) electrons. The van der Waals surface area contributed by atoms with Crippen molar-refractivity contribution in [2.45, 2.75) is 271 Å². The van der Waals surface area contributed by atoms with Gasteiger partial charge in [0.15, 0.2) is 6.10 Å². The second kappa shape index (κ2) is 65.5. The normalized spacial score (nSPS) is 13.2. The first-order valence-electron chi connectivity index (χ1n) is 32.0. The Labute approximate surface area is 486 Å². The molecule has 0 fully saturated rings. The van der Waals surface area contributed by atoms with Gasteiger partial charge in [0.2, 0.25) is 0 Å². The van der Waals surface area contributed by atoms with Crippen LogP contribution in [-0.4, -0.2) is 37.2 Å². The number of unbranched alkanes of at least 4 members (excludes halogenated alkanes) is 19. The van der Waals surface area contributed by atoms with Crippen molar-refractivity contribution < 1.29 is 28.6 Å². The lowest BCUT2D eigenvalue weighted by Crippen LogP contribution is -2.30. The van der Waals surface area contributed by atoms with Crippen molar-refractivity contribution in [1.29, 1.82) is 0 Å². The first-order valence-corrected chi connectivity index (χ1v) is 32.0. The van der Waals surface area contributed by atoms with Gasteiger partial charge in [-0.05, 0) is 122 Å². The highest BCUT2D eigenvalue weighted by Crippen LogP contribution is 2.15. The van der Waals surface area contributed by atoms with Crippen molar-refractivity contribution in [2.24, 2.45) is 0 Å². The Morgan fingerprint density at radius 2 is 0.506 bits per heavy atom. The molecular weight excluding hydrogens is 973 g/mol. The molecule has 444 valence electrons. The lowest BCUT2D eigenvalue weighted by molar-refractivity contribution is -0.167. The summed E-state index contributed by atoms with van der Waals surface area (Å²) in [5.74, 6) is -0.986. The van der Waals surface area contributed by atoms with E-state index in [2.05, 4.69) is 179 Å². The molecule has 0 heterocycles. The van der Waals surface area contributed by atoms with E-state index in [0.717, 1.165) is 141 Å². The molecule has 0 aromatic rings. The third kappa shape index (κ3) is 63.7. The number of esters is 3. The van der Waals surface area contributed by atoms with E-state index in [1.165, 1.54) is 77.0 Å². The zero-order chi connectivity index (χ0) is 57.1. The van der Waals surface area contributed by atoms with Gasteiger partial charge in [0.1, 0.15) is 13.2 Å². The monoisotopic (exact) mass is 1090 g/mol. The van der Waals surface area contributed by atoms with Gasteiger partial charge in [-0.3, -0.25) is 14.4 Å². The van der Waals surface area contributed by atoms with Gasteiger partial charge in [-0.15, -0.1) is 0 Å². The Morgan fingerprint density at radius 3 is 0.810 bits per heavy atom. The molecule has 0 saturated heterocycles. The third-order valence-corrected chi connectivity index (χ3v) is 13.0. The molecule has 0 aliphatic rings. The topological polar surface area (TPSA) is 78.9 Å². The Morgan fingerprint density at radius 1 is 0.266 bits per heavy atom. The van der Waals surface area contributed by atoms with Crippen LogP contribution in [-0.2, 0) is 28.6 Å². The Balaban J connectivity index is 4.40. The van der Waals surface area contributed by atoms with E-state index < -0.39 is 6.10 Å². The fraction of sp³-hybridized carbons (Fsp3) is 0.603. The average Bonchev–Trinajstić information content (AvgIpc) is 3.45. The molecule has 6 heteroatoms. The van der Waals surface area contributed by atoms with Crippen molar-refractivity contribution in [1.82, 2.24) is 0 Å². The number of carbonyl (C=O) groups is 3. The molecule has 0 bridgehead atoms. The number of rotatable bonds is 56. The minimum Gasteiger partial charge on any atom is -0.462 e. The summed E-state index contributed by atoms with van der Waals surface area (Å²) < 4.78 is 16.8. The van der Waals surface area contributed by atoms with Gasteiger partial charge in [-0.25, -0.2) is 0 Å². The minimum absolute atomic E-state index is 0.109. The van der Waals surface area contributed by atoms with E-state index in [9.17, 15) is 14.4 Å². The quantitative estimate of drug-likeness (QED) is 0.0261. The van der Waals surface area contributed by atoms with Crippen LogP contribution in [0.3, 0.4) is 0 Å². The maximum absolute atomic E-state index is 12.9. The van der Waals surface area contributed by atoms with E-state index in [1.807, 2.05) is 0 Å². The smallest absolute Gasteiger partial charge is 0.306 e. The van der Waals surface area contributed by atoms with E-state index in [4.69, 9.17) is 14.2 Å². The molecule has 1 atom stereocenters. The molecule has 0 aromatic carbocycles. The number of allylic oxidation sites excluding steroid dienone is 26.